The maximum atomic E-state index is 2.38. The van der Waals surface area contributed by atoms with E-state index in [9.17, 15) is 0 Å². The summed E-state index contributed by atoms with van der Waals surface area (Å²) in [6.07, 6.45) is 1.16. The Morgan fingerprint density at radius 2 is 1.69 bits per heavy atom. The largest absolute Gasteiger partial charge is 0.138 e. The number of aryl methyl sites for hydroxylation is 1. The van der Waals surface area contributed by atoms with Gasteiger partial charge in [0.25, 0.3) is 0 Å². The first-order chi connectivity index (χ1) is 7.69. The van der Waals surface area contributed by atoms with Gasteiger partial charge in [0.2, 0.25) is 0 Å². The van der Waals surface area contributed by atoms with Gasteiger partial charge in [-0.1, -0.05) is 20.8 Å². The summed E-state index contributed by atoms with van der Waals surface area (Å²) in [7, 11) is 0. The molecule has 0 nitrogen and oxygen atoms in total. The van der Waals surface area contributed by atoms with Crippen LogP contribution in [0.25, 0.3) is 18.8 Å². The van der Waals surface area contributed by atoms with Gasteiger partial charge in [-0.2, -0.15) is 0 Å². The third-order valence-electron chi connectivity index (χ3n) is 2.81. The number of thiophene rings is 3. The molecule has 3 rings (SSSR count). The van der Waals surface area contributed by atoms with Gasteiger partial charge in [-0.15, -0.1) is 34.0 Å². The second-order valence-corrected chi connectivity index (χ2v) is 7.66. The Kier molecular flexibility index (Phi) is 2.57. The van der Waals surface area contributed by atoms with E-state index in [-0.39, 0.29) is 0 Å². The predicted octanol–water partition coefficient (Wildman–Crippen LogP) is 5.86. The standard InChI is InChI=1S/C13H14S3/c1-4-8-5-10-12(14-8)13-11(15-10)6-9(16-13)7(2)3/h5-7H,4H2,1-3H3. The third-order valence-corrected chi connectivity index (χ3v) is 7.03. The highest BCUT2D eigenvalue weighted by Crippen LogP contribution is 2.44. The molecule has 0 saturated carbocycles. The van der Waals surface area contributed by atoms with E-state index in [4.69, 9.17) is 0 Å². The van der Waals surface area contributed by atoms with Crippen LogP contribution in [0.5, 0.6) is 0 Å². The SMILES string of the molecule is CCc1cc2sc3cc(C(C)C)sc3c2s1. The van der Waals surface area contributed by atoms with Crippen LogP contribution in [0.3, 0.4) is 0 Å². The highest BCUT2D eigenvalue weighted by Gasteiger charge is 2.13. The number of rotatable bonds is 2. The van der Waals surface area contributed by atoms with Gasteiger partial charge in [-0.25, -0.2) is 0 Å². The molecule has 3 heterocycles. The summed E-state index contributed by atoms with van der Waals surface area (Å²) in [6, 6.07) is 4.75. The van der Waals surface area contributed by atoms with Gasteiger partial charge in [0, 0.05) is 19.2 Å². The van der Waals surface area contributed by atoms with Crippen molar-refractivity contribution in [3.8, 4) is 0 Å². The van der Waals surface area contributed by atoms with E-state index >= 15 is 0 Å². The molecular formula is C13H14S3. The molecule has 0 saturated heterocycles. The van der Waals surface area contributed by atoms with Crippen molar-refractivity contribution in [2.24, 2.45) is 0 Å². The Labute approximate surface area is 108 Å². The van der Waals surface area contributed by atoms with Crippen LogP contribution in [0.2, 0.25) is 0 Å². The van der Waals surface area contributed by atoms with E-state index in [0.717, 1.165) is 6.42 Å². The zero-order valence-electron chi connectivity index (χ0n) is 9.66. The first-order valence-electron chi connectivity index (χ1n) is 5.63. The van der Waals surface area contributed by atoms with Crippen molar-refractivity contribution in [3.63, 3.8) is 0 Å². The van der Waals surface area contributed by atoms with E-state index < -0.39 is 0 Å². The van der Waals surface area contributed by atoms with Gasteiger partial charge < -0.3 is 0 Å². The van der Waals surface area contributed by atoms with Crippen LogP contribution in [-0.2, 0) is 6.42 Å². The van der Waals surface area contributed by atoms with Gasteiger partial charge in [-0.3, -0.25) is 0 Å². The average Bonchev–Trinajstić information content (AvgIpc) is 2.85. The van der Waals surface area contributed by atoms with Crippen LogP contribution in [0.4, 0.5) is 0 Å². The van der Waals surface area contributed by atoms with Gasteiger partial charge in [-0.05, 0) is 24.5 Å². The maximum Gasteiger partial charge on any atom is 0.0632 e. The van der Waals surface area contributed by atoms with Crippen LogP contribution >= 0.6 is 34.0 Å². The lowest BCUT2D eigenvalue weighted by molar-refractivity contribution is 0.891. The van der Waals surface area contributed by atoms with Crippen LogP contribution in [0.15, 0.2) is 12.1 Å². The van der Waals surface area contributed by atoms with Crippen molar-refractivity contribution in [2.75, 3.05) is 0 Å². The monoisotopic (exact) mass is 266 g/mol. The fourth-order valence-electron chi connectivity index (χ4n) is 1.86. The molecule has 3 aromatic rings. The fraction of sp³-hybridized carbons (Fsp3) is 0.385. The van der Waals surface area contributed by atoms with E-state index in [1.807, 2.05) is 34.0 Å². The summed E-state index contributed by atoms with van der Waals surface area (Å²) in [5.41, 5.74) is 0. The van der Waals surface area contributed by atoms with Crippen LogP contribution in [0.1, 0.15) is 36.4 Å². The van der Waals surface area contributed by atoms with Crippen molar-refractivity contribution in [1.29, 1.82) is 0 Å². The van der Waals surface area contributed by atoms with E-state index in [2.05, 4.69) is 32.9 Å². The van der Waals surface area contributed by atoms with E-state index in [1.54, 1.807) is 0 Å². The molecular weight excluding hydrogens is 252 g/mol. The molecule has 0 bridgehead atoms. The Balaban J connectivity index is 2.27. The maximum absolute atomic E-state index is 2.38. The van der Waals surface area contributed by atoms with Gasteiger partial charge in [0.15, 0.2) is 0 Å². The highest BCUT2D eigenvalue weighted by atomic mass is 32.1. The Morgan fingerprint density at radius 3 is 2.38 bits per heavy atom. The molecule has 0 aliphatic rings. The minimum atomic E-state index is 0.658. The summed E-state index contributed by atoms with van der Waals surface area (Å²) in [4.78, 5) is 3.04. The Morgan fingerprint density at radius 1 is 1.00 bits per heavy atom. The molecule has 0 aromatic carbocycles. The minimum Gasteiger partial charge on any atom is -0.138 e. The van der Waals surface area contributed by atoms with E-state index in [0.29, 0.717) is 5.92 Å². The van der Waals surface area contributed by atoms with Crippen LogP contribution in [0, 0.1) is 0 Å². The predicted molar refractivity (Wildman–Crippen MR) is 78.6 cm³/mol. The van der Waals surface area contributed by atoms with Crippen molar-refractivity contribution in [2.45, 2.75) is 33.1 Å². The summed E-state index contributed by atoms with van der Waals surface area (Å²) in [6.45, 7) is 6.79. The first kappa shape index (κ1) is 10.8. The molecule has 0 aliphatic carbocycles. The fourth-order valence-corrected chi connectivity index (χ4v) is 5.86. The van der Waals surface area contributed by atoms with Crippen molar-refractivity contribution in [3.05, 3.63) is 21.9 Å². The number of fused-ring (bicyclic) bond motifs is 3. The van der Waals surface area contributed by atoms with Crippen LogP contribution < -0.4 is 0 Å². The quantitative estimate of drug-likeness (QED) is 0.544. The van der Waals surface area contributed by atoms with E-state index in [1.165, 1.54) is 28.6 Å². The second-order valence-electron chi connectivity index (χ2n) is 4.36. The molecule has 3 aromatic heterocycles. The van der Waals surface area contributed by atoms with Crippen molar-refractivity contribution in [1.82, 2.24) is 0 Å². The molecule has 0 aliphatic heterocycles. The smallest absolute Gasteiger partial charge is 0.0632 e. The van der Waals surface area contributed by atoms with Gasteiger partial charge in [0.1, 0.15) is 0 Å². The second kappa shape index (κ2) is 3.83. The summed E-state index contributed by atoms with van der Waals surface area (Å²) in [5.74, 6) is 0.658. The lowest BCUT2D eigenvalue weighted by Gasteiger charge is -1.96. The third kappa shape index (κ3) is 1.53. The lowest BCUT2D eigenvalue weighted by Crippen LogP contribution is -1.77. The summed E-state index contributed by atoms with van der Waals surface area (Å²) < 4.78 is 6.01. The molecule has 0 N–H and O–H groups in total. The zero-order valence-corrected chi connectivity index (χ0v) is 12.1. The zero-order chi connectivity index (χ0) is 11.3. The topological polar surface area (TPSA) is 0 Å². The highest BCUT2D eigenvalue weighted by molar-refractivity contribution is 7.38. The molecule has 0 radical (unpaired) electrons. The average molecular weight is 266 g/mol. The molecule has 0 amide bonds. The Hall–Kier alpha value is -0.380. The number of hydrogen-bond acceptors (Lipinski definition) is 3. The summed E-state index contributed by atoms with van der Waals surface area (Å²) in [5, 5.41) is 0. The molecule has 0 fully saturated rings. The lowest BCUT2D eigenvalue weighted by atomic mass is 10.2. The van der Waals surface area contributed by atoms with Gasteiger partial charge in [0.05, 0.1) is 9.40 Å². The Bertz CT molecular complexity index is 637. The first-order valence-corrected chi connectivity index (χ1v) is 8.08. The van der Waals surface area contributed by atoms with Crippen molar-refractivity contribution >= 4 is 52.8 Å². The minimum absolute atomic E-state index is 0.658. The molecule has 0 unspecified atom stereocenters. The molecule has 0 atom stereocenters. The number of hydrogen-bond donors (Lipinski definition) is 0. The normalized spacial score (nSPS) is 12.2. The molecule has 0 spiro atoms. The summed E-state index contributed by atoms with van der Waals surface area (Å²) >= 11 is 5.92. The van der Waals surface area contributed by atoms with Crippen LogP contribution in [-0.4, -0.2) is 0 Å². The molecule has 3 heteroatoms. The molecule has 84 valence electrons. The molecule has 16 heavy (non-hydrogen) atoms. The van der Waals surface area contributed by atoms with Gasteiger partial charge >= 0.3 is 0 Å². The van der Waals surface area contributed by atoms with Crippen molar-refractivity contribution < 1.29 is 0 Å².